The van der Waals surface area contributed by atoms with Crippen molar-refractivity contribution >= 4 is 16.5 Å². The molecule has 23 heavy (non-hydrogen) atoms. The van der Waals surface area contributed by atoms with Crippen molar-refractivity contribution in [1.29, 1.82) is 0 Å². The first kappa shape index (κ1) is 15.1. The highest BCUT2D eigenvalue weighted by Crippen LogP contribution is 2.38. The molecule has 5 nitrogen and oxygen atoms in total. The number of rotatable bonds is 5. The van der Waals surface area contributed by atoms with Crippen LogP contribution in [0.4, 0.5) is 5.13 Å². The molecule has 0 aromatic carbocycles. The zero-order valence-electron chi connectivity index (χ0n) is 13.7. The molecule has 0 bridgehead atoms. The van der Waals surface area contributed by atoms with Crippen molar-refractivity contribution in [3.8, 4) is 10.4 Å². The van der Waals surface area contributed by atoms with E-state index in [1.165, 1.54) is 29.0 Å². The van der Waals surface area contributed by atoms with Crippen molar-refractivity contribution < 1.29 is 0 Å². The summed E-state index contributed by atoms with van der Waals surface area (Å²) in [4.78, 5) is 5.82. The lowest BCUT2D eigenvalue weighted by Gasteiger charge is -2.26. The number of anilines is 1. The fourth-order valence-corrected chi connectivity index (χ4v) is 4.33. The maximum absolute atomic E-state index is 5.98. The Morgan fingerprint density at radius 2 is 2.00 bits per heavy atom. The zero-order chi connectivity index (χ0) is 15.8. The third kappa shape index (κ3) is 3.43. The van der Waals surface area contributed by atoms with Crippen LogP contribution in [-0.4, -0.2) is 26.8 Å². The second-order valence-electron chi connectivity index (χ2n) is 7.06. The third-order valence-electron chi connectivity index (χ3n) is 5.11. The Morgan fingerprint density at radius 1 is 1.22 bits per heavy atom. The van der Waals surface area contributed by atoms with Crippen LogP contribution in [0.1, 0.15) is 44.2 Å². The molecule has 0 atom stereocenters. The summed E-state index contributed by atoms with van der Waals surface area (Å²) < 4.78 is 2.03. The summed E-state index contributed by atoms with van der Waals surface area (Å²) in [6.45, 7) is 0. The highest BCUT2D eigenvalue weighted by atomic mass is 32.1. The molecule has 0 saturated heterocycles. The SMILES string of the molecule is Cn1ncc(-c2cnc(NC3CCC(N)CC3)s2)c1CC1CC1. The van der Waals surface area contributed by atoms with E-state index in [-0.39, 0.29) is 0 Å². The standard InChI is InChI=1S/C17H25N5S/c1-22-15(8-11-2-3-11)14(9-20-22)16-10-19-17(23-16)21-13-6-4-12(18)5-7-13/h9-13H,2-8,18H2,1H3,(H,19,21). The second-order valence-corrected chi connectivity index (χ2v) is 8.09. The topological polar surface area (TPSA) is 68.8 Å². The monoisotopic (exact) mass is 331 g/mol. The van der Waals surface area contributed by atoms with Gasteiger partial charge in [-0.2, -0.15) is 5.10 Å². The third-order valence-corrected chi connectivity index (χ3v) is 6.07. The molecule has 6 heteroatoms. The van der Waals surface area contributed by atoms with Crippen molar-refractivity contribution in [2.75, 3.05) is 5.32 Å². The molecule has 2 heterocycles. The highest BCUT2D eigenvalue weighted by Gasteiger charge is 2.25. The van der Waals surface area contributed by atoms with Gasteiger partial charge >= 0.3 is 0 Å². The number of aryl methyl sites for hydroxylation is 1. The van der Waals surface area contributed by atoms with Crippen molar-refractivity contribution in [3.63, 3.8) is 0 Å². The minimum absolute atomic E-state index is 0.389. The average molecular weight is 331 g/mol. The predicted molar refractivity (Wildman–Crippen MR) is 94.6 cm³/mol. The van der Waals surface area contributed by atoms with Gasteiger partial charge in [-0.1, -0.05) is 11.3 Å². The first-order valence-electron chi connectivity index (χ1n) is 8.68. The number of hydrogen-bond acceptors (Lipinski definition) is 5. The van der Waals surface area contributed by atoms with Crippen molar-refractivity contribution in [3.05, 3.63) is 18.1 Å². The van der Waals surface area contributed by atoms with Crippen LogP contribution in [0.15, 0.2) is 12.4 Å². The van der Waals surface area contributed by atoms with Crippen LogP contribution >= 0.6 is 11.3 Å². The number of hydrogen-bond donors (Lipinski definition) is 2. The van der Waals surface area contributed by atoms with Gasteiger partial charge in [0.25, 0.3) is 0 Å². The first-order valence-corrected chi connectivity index (χ1v) is 9.50. The molecular formula is C17H25N5S. The Hall–Kier alpha value is -1.40. The predicted octanol–water partition coefficient (Wildman–Crippen LogP) is 3.18. The van der Waals surface area contributed by atoms with Gasteiger partial charge in [-0.05, 0) is 50.9 Å². The minimum atomic E-state index is 0.389. The quantitative estimate of drug-likeness (QED) is 0.883. The fraction of sp³-hybridized carbons (Fsp3) is 0.647. The fourth-order valence-electron chi connectivity index (χ4n) is 3.41. The van der Waals surface area contributed by atoms with Gasteiger partial charge in [0, 0.05) is 36.6 Å². The van der Waals surface area contributed by atoms with Gasteiger partial charge in [-0.15, -0.1) is 0 Å². The summed E-state index contributed by atoms with van der Waals surface area (Å²) >= 11 is 1.75. The molecule has 124 valence electrons. The van der Waals surface area contributed by atoms with E-state index in [4.69, 9.17) is 5.73 Å². The van der Waals surface area contributed by atoms with E-state index in [1.54, 1.807) is 11.3 Å². The van der Waals surface area contributed by atoms with Crippen LogP contribution < -0.4 is 11.1 Å². The Balaban J connectivity index is 1.47. The molecule has 4 rings (SSSR count). The molecule has 0 radical (unpaired) electrons. The largest absolute Gasteiger partial charge is 0.359 e. The lowest BCUT2D eigenvalue weighted by molar-refractivity contribution is 0.411. The van der Waals surface area contributed by atoms with E-state index in [9.17, 15) is 0 Å². The van der Waals surface area contributed by atoms with Gasteiger partial charge in [0.1, 0.15) is 0 Å². The molecule has 2 aliphatic rings. The van der Waals surface area contributed by atoms with E-state index >= 15 is 0 Å². The Bertz CT molecular complexity index is 664. The summed E-state index contributed by atoms with van der Waals surface area (Å²) in [7, 11) is 2.05. The van der Waals surface area contributed by atoms with E-state index < -0.39 is 0 Å². The van der Waals surface area contributed by atoms with Crippen LogP contribution in [0.2, 0.25) is 0 Å². The summed E-state index contributed by atoms with van der Waals surface area (Å²) in [6.07, 6.45) is 12.4. The van der Waals surface area contributed by atoms with Gasteiger partial charge in [0.2, 0.25) is 0 Å². The Morgan fingerprint density at radius 3 is 2.74 bits per heavy atom. The van der Waals surface area contributed by atoms with Crippen LogP contribution in [0, 0.1) is 5.92 Å². The van der Waals surface area contributed by atoms with Crippen molar-refractivity contribution in [1.82, 2.24) is 14.8 Å². The Kier molecular flexibility index (Phi) is 4.11. The molecule has 2 aliphatic carbocycles. The van der Waals surface area contributed by atoms with Crippen LogP contribution in [0.5, 0.6) is 0 Å². The summed E-state index contributed by atoms with van der Waals surface area (Å²) in [5.41, 5.74) is 8.60. The second kappa shape index (κ2) is 6.24. The maximum atomic E-state index is 5.98. The van der Waals surface area contributed by atoms with Gasteiger partial charge in [-0.25, -0.2) is 4.98 Å². The van der Waals surface area contributed by atoms with Crippen molar-refractivity contribution in [2.24, 2.45) is 18.7 Å². The average Bonchev–Trinajstić information content (AvgIpc) is 3.13. The first-order chi connectivity index (χ1) is 11.2. The molecular weight excluding hydrogens is 306 g/mol. The lowest BCUT2D eigenvalue weighted by Crippen LogP contribution is -2.32. The Labute approximate surface area is 141 Å². The van der Waals surface area contributed by atoms with Crippen LogP contribution in [-0.2, 0) is 13.5 Å². The minimum Gasteiger partial charge on any atom is -0.359 e. The van der Waals surface area contributed by atoms with E-state index in [1.807, 2.05) is 24.1 Å². The highest BCUT2D eigenvalue weighted by molar-refractivity contribution is 7.18. The molecule has 0 unspecified atom stereocenters. The molecule has 0 aliphatic heterocycles. The van der Waals surface area contributed by atoms with Gasteiger partial charge in [0.05, 0.1) is 11.1 Å². The molecule has 0 spiro atoms. The number of thiazole rings is 1. The van der Waals surface area contributed by atoms with E-state index in [0.717, 1.165) is 43.2 Å². The van der Waals surface area contributed by atoms with Gasteiger partial charge in [0.15, 0.2) is 5.13 Å². The van der Waals surface area contributed by atoms with Gasteiger partial charge < -0.3 is 11.1 Å². The molecule has 3 N–H and O–H groups in total. The number of nitrogens with zero attached hydrogens (tertiary/aromatic N) is 3. The molecule has 2 fully saturated rings. The number of aromatic nitrogens is 3. The van der Waals surface area contributed by atoms with Gasteiger partial charge in [-0.3, -0.25) is 4.68 Å². The smallest absolute Gasteiger partial charge is 0.183 e. The maximum Gasteiger partial charge on any atom is 0.183 e. The summed E-state index contributed by atoms with van der Waals surface area (Å²) in [6, 6.07) is 0.911. The molecule has 2 saturated carbocycles. The normalized spacial score (nSPS) is 24.8. The lowest BCUT2D eigenvalue weighted by atomic mass is 9.92. The molecule has 2 aromatic heterocycles. The number of nitrogens with one attached hydrogen (secondary N) is 1. The zero-order valence-corrected chi connectivity index (χ0v) is 14.5. The molecule has 0 amide bonds. The number of nitrogens with two attached hydrogens (primary N) is 1. The van der Waals surface area contributed by atoms with E-state index in [2.05, 4.69) is 15.4 Å². The summed E-state index contributed by atoms with van der Waals surface area (Å²) in [5.74, 6) is 0.862. The molecule has 2 aromatic rings. The van der Waals surface area contributed by atoms with Crippen LogP contribution in [0.25, 0.3) is 10.4 Å². The summed E-state index contributed by atoms with van der Waals surface area (Å²) in [5, 5.41) is 9.09. The van der Waals surface area contributed by atoms with E-state index in [0.29, 0.717) is 12.1 Å². The van der Waals surface area contributed by atoms with Crippen molar-refractivity contribution in [2.45, 2.75) is 57.0 Å². The van der Waals surface area contributed by atoms with Crippen LogP contribution in [0.3, 0.4) is 0 Å².